The lowest BCUT2D eigenvalue weighted by Gasteiger charge is -2.09. The van der Waals surface area contributed by atoms with Crippen LogP contribution in [0.4, 0.5) is 0 Å². The predicted molar refractivity (Wildman–Crippen MR) is 113 cm³/mol. The Morgan fingerprint density at radius 2 is 1.76 bits per heavy atom. The number of carboxylic acid groups (broad SMARTS) is 1. The van der Waals surface area contributed by atoms with Crippen molar-refractivity contribution in [3.05, 3.63) is 64.8 Å². The number of nitrogens with zero attached hydrogens (tertiary/aromatic N) is 6. The number of halogens is 1. The van der Waals surface area contributed by atoms with Gasteiger partial charge in [-0.05, 0) is 43.3 Å². The van der Waals surface area contributed by atoms with E-state index in [1.54, 1.807) is 9.25 Å². The third-order valence-electron chi connectivity index (χ3n) is 4.15. The van der Waals surface area contributed by atoms with E-state index in [1.807, 2.05) is 61.5 Å². The van der Waals surface area contributed by atoms with Crippen molar-refractivity contribution >= 4 is 33.7 Å². The Labute approximate surface area is 178 Å². The van der Waals surface area contributed by atoms with Gasteiger partial charge in [0, 0.05) is 10.2 Å². The molecule has 0 atom stereocenters. The van der Waals surface area contributed by atoms with Gasteiger partial charge in [0.2, 0.25) is 0 Å². The molecule has 0 aliphatic rings. The number of hydrogen-bond acceptors (Lipinski definition) is 6. The van der Waals surface area contributed by atoms with E-state index in [9.17, 15) is 4.79 Å². The van der Waals surface area contributed by atoms with Gasteiger partial charge >= 0.3 is 5.97 Å². The Kier molecular flexibility index (Phi) is 5.45. The Hall–Kier alpha value is -2.98. The zero-order valence-electron chi connectivity index (χ0n) is 15.2. The molecule has 0 radical (unpaired) electrons. The number of aliphatic carboxylic acids is 1. The van der Waals surface area contributed by atoms with Crippen LogP contribution < -0.4 is 0 Å². The first kappa shape index (κ1) is 19.3. The maximum Gasteiger partial charge on any atom is 0.313 e. The van der Waals surface area contributed by atoms with E-state index in [0.29, 0.717) is 16.7 Å². The van der Waals surface area contributed by atoms with E-state index in [4.69, 9.17) is 5.11 Å². The van der Waals surface area contributed by atoms with Gasteiger partial charge in [-0.1, -0.05) is 51.1 Å². The van der Waals surface area contributed by atoms with Crippen LogP contribution >= 0.6 is 27.7 Å². The minimum atomic E-state index is -0.923. The summed E-state index contributed by atoms with van der Waals surface area (Å²) >= 11 is 4.53. The zero-order valence-corrected chi connectivity index (χ0v) is 17.6. The summed E-state index contributed by atoms with van der Waals surface area (Å²) in [6.07, 6.45) is 0. The molecule has 10 heteroatoms. The summed E-state index contributed by atoms with van der Waals surface area (Å²) in [5, 5.41) is 26.6. The number of carboxylic acids is 1. The molecule has 0 saturated heterocycles. The lowest BCUT2D eigenvalue weighted by Crippen LogP contribution is -2.04. The number of benzene rings is 2. The summed E-state index contributed by atoms with van der Waals surface area (Å²) in [4.78, 5) is 11.0. The summed E-state index contributed by atoms with van der Waals surface area (Å²) in [5.74, 6) is -0.544. The number of rotatable bonds is 6. The van der Waals surface area contributed by atoms with Gasteiger partial charge in [0.1, 0.15) is 0 Å². The van der Waals surface area contributed by atoms with Gasteiger partial charge in [0.25, 0.3) is 0 Å². The van der Waals surface area contributed by atoms with Crippen molar-refractivity contribution in [1.29, 1.82) is 0 Å². The standard InChI is InChI=1S/C19H15BrN6O2S/c1-12-17(21-24-26(12)15-5-3-2-4-6-15)18-22-23-19(29-11-16(27)28)25(18)14-9-7-13(20)8-10-14/h2-10H,11H2,1H3,(H,27,28). The van der Waals surface area contributed by atoms with Crippen LogP contribution in [-0.2, 0) is 4.79 Å². The summed E-state index contributed by atoms with van der Waals surface area (Å²) in [6, 6.07) is 17.3. The molecule has 0 aliphatic heterocycles. The maximum atomic E-state index is 11.0. The molecule has 146 valence electrons. The molecule has 4 aromatic rings. The monoisotopic (exact) mass is 470 g/mol. The Morgan fingerprint density at radius 1 is 1.03 bits per heavy atom. The normalized spacial score (nSPS) is 11.0. The average Bonchev–Trinajstić information content (AvgIpc) is 3.31. The zero-order chi connectivity index (χ0) is 20.4. The largest absolute Gasteiger partial charge is 0.481 e. The molecule has 4 rings (SSSR count). The highest BCUT2D eigenvalue weighted by Crippen LogP contribution is 2.29. The van der Waals surface area contributed by atoms with Crippen LogP contribution in [0.25, 0.3) is 22.9 Å². The Balaban J connectivity index is 1.83. The van der Waals surface area contributed by atoms with Gasteiger partial charge in [-0.2, -0.15) is 0 Å². The van der Waals surface area contributed by atoms with E-state index in [0.717, 1.165) is 33.3 Å². The predicted octanol–water partition coefficient (Wildman–Crippen LogP) is 3.76. The first-order valence-electron chi connectivity index (χ1n) is 8.58. The van der Waals surface area contributed by atoms with Crippen LogP contribution in [0.2, 0.25) is 0 Å². The number of thioether (sulfide) groups is 1. The third-order valence-corrected chi connectivity index (χ3v) is 5.59. The van der Waals surface area contributed by atoms with Crippen molar-refractivity contribution in [2.75, 3.05) is 5.75 Å². The molecule has 2 heterocycles. The molecule has 2 aromatic carbocycles. The van der Waals surface area contributed by atoms with Gasteiger partial charge in [0.05, 0.1) is 17.1 Å². The molecule has 0 amide bonds. The molecule has 0 unspecified atom stereocenters. The lowest BCUT2D eigenvalue weighted by molar-refractivity contribution is -0.133. The third kappa shape index (κ3) is 3.94. The average molecular weight is 471 g/mol. The fourth-order valence-electron chi connectivity index (χ4n) is 2.82. The molecule has 0 saturated carbocycles. The molecule has 0 bridgehead atoms. The van der Waals surface area contributed by atoms with Gasteiger partial charge in [0.15, 0.2) is 16.7 Å². The van der Waals surface area contributed by atoms with Crippen molar-refractivity contribution in [2.45, 2.75) is 12.1 Å². The second kappa shape index (κ2) is 8.18. The van der Waals surface area contributed by atoms with Crippen LogP contribution in [0, 0.1) is 6.92 Å². The highest BCUT2D eigenvalue weighted by atomic mass is 79.9. The molecule has 0 spiro atoms. The minimum absolute atomic E-state index is 0.121. The summed E-state index contributed by atoms with van der Waals surface area (Å²) in [6.45, 7) is 1.91. The van der Waals surface area contributed by atoms with Crippen LogP contribution in [0.15, 0.2) is 64.2 Å². The maximum absolute atomic E-state index is 11.0. The van der Waals surface area contributed by atoms with Crippen LogP contribution in [0.5, 0.6) is 0 Å². The van der Waals surface area contributed by atoms with Crippen molar-refractivity contribution in [1.82, 2.24) is 29.8 Å². The van der Waals surface area contributed by atoms with Crippen LogP contribution in [0.3, 0.4) is 0 Å². The molecule has 29 heavy (non-hydrogen) atoms. The van der Waals surface area contributed by atoms with Gasteiger partial charge in [-0.25, -0.2) is 4.68 Å². The summed E-state index contributed by atoms with van der Waals surface area (Å²) in [7, 11) is 0. The van der Waals surface area contributed by atoms with E-state index >= 15 is 0 Å². The van der Waals surface area contributed by atoms with E-state index < -0.39 is 5.97 Å². The Morgan fingerprint density at radius 3 is 2.45 bits per heavy atom. The summed E-state index contributed by atoms with van der Waals surface area (Å²) in [5.41, 5.74) is 3.07. The minimum Gasteiger partial charge on any atom is -0.481 e. The van der Waals surface area contributed by atoms with Crippen molar-refractivity contribution < 1.29 is 9.90 Å². The topological polar surface area (TPSA) is 98.7 Å². The van der Waals surface area contributed by atoms with E-state index in [1.165, 1.54) is 0 Å². The quantitative estimate of drug-likeness (QED) is 0.428. The van der Waals surface area contributed by atoms with Crippen LogP contribution in [-0.4, -0.2) is 46.6 Å². The highest BCUT2D eigenvalue weighted by Gasteiger charge is 2.22. The first-order valence-corrected chi connectivity index (χ1v) is 10.4. The first-order chi connectivity index (χ1) is 14.0. The molecule has 2 aromatic heterocycles. The second-order valence-electron chi connectivity index (χ2n) is 6.07. The van der Waals surface area contributed by atoms with Crippen molar-refractivity contribution in [3.63, 3.8) is 0 Å². The second-order valence-corrected chi connectivity index (χ2v) is 7.93. The fraction of sp³-hybridized carbons (Fsp3) is 0.105. The number of hydrogen-bond donors (Lipinski definition) is 1. The van der Waals surface area contributed by atoms with E-state index in [-0.39, 0.29) is 5.75 Å². The molecular weight excluding hydrogens is 456 g/mol. The smallest absolute Gasteiger partial charge is 0.313 e. The number of carbonyl (C=O) groups is 1. The Bertz CT molecular complexity index is 1160. The number of para-hydroxylation sites is 1. The SMILES string of the molecule is Cc1c(-c2nnc(SCC(=O)O)n2-c2ccc(Br)cc2)nnn1-c1ccccc1. The van der Waals surface area contributed by atoms with Gasteiger partial charge < -0.3 is 5.11 Å². The van der Waals surface area contributed by atoms with Gasteiger partial charge in [-0.3, -0.25) is 9.36 Å². The summed E-state index contributed by atoms with van der Waals surface area (Å²) < 4.78 is 4.47. The van der Waals surface area contributed by atoms with Gasteiger partial charge in [-0.15, -0.1) is 15.3 Å². The van der Waals surface area contributed by atoms with Crippen molar-refractivity contribution in [3.8, 4) is 22.9 Å². The molecule has 0 aliphatic carbocycles. The molecular formula is C19H15BrN6O2S. The molecule has 8 nitrogen and oxygen atoms in total. The lowest BCUT2D eigenvalue weighted by atomic mass is 10.2. The molecule has 1 N–H and O–H groups in total. The van der Waals surface area contributed by atoms with Crippen LogP contribution in [0.1, 0.15) is 5.69 Å². The fourth-order valence-corrected chi connectivity index (χ4v) is 3.75. The highest BCUT2D eigenvalue weighted by molar-refractivity contribution is 9.10. The van der Waals surface area contributed by atoms with Crippen molar-refractivity contribution in [2.24, 2.45) is 0 Å². The molecule has 0 fully saturated rings. The number of aromatic nitrogens is 6. The van der Waals surface area contributed by atoms with E-state index in [2.05, 4.69) is 36.4 Å².